The molecule has 2 nitrogen and oxygen atoms in total. The van der Waals surface area contributed by atoms with E-state index in [0.717, 1.165) is 6.42 Å². The molecule has 0 saturated heterocycles. The first-order chi connectivity index (χ1) is 21.2. The van der Waals surface area contributed by atoms with Crippen molar-refractivity contribution in [1.82, 2.24) is 0 Å². The molecule has 0 aromatic carbocycles. The SMILES string of the molecule is CCCCCCCCCCCCCCCCCC[N+](C)(CCCCO)CCCCCCCCCCCCCCCCCC. The smallest absolute Gasteiger partial charge is 0.0785 e. The van der Waals surface area contributed by atoms with E-state index in [1.54, 1.807) is 0 Å². The second-order valence-corrected chi connectivity index (χ2v) is 14.8. The predicted molar refractivity (Wildman–Crippen MR) is 196 cm³/mol. The summed E-state index contributed by atoms with van der Waals surface area (Å²) in [5.74, 6) is 0. The Balaban J connectivity index is 3.67. The van der Waals surface area contributed by atoms with E-state index in [1.165, 1.54) is 236 Å². The Hall–Kier alpha value is -0.0800. The number of aliphatic hydroxyl groups is 1. The zero-order chi connectivity index (χ0) is 31.4. The van der Waals surface area contributed by atoms with E-state index in [0.29, 0.717) is 6.61 Å². The van der Waals surface area contributed by atoms with E-state index in [2.05, 4.69) is 20.9 Å². The number of hydrogen-bond acceptors (Lipinski definition) is 1. The minimum absolute atomic E-state index is 0.359. The molecule has 260 valence electrons. The first-order valence-electron chi connectivity index (χ1n) is 20.6. The average Bonchev–Trinajstić information content (AvgIpc) is 3.01. The van der Waals surface area contributed by atoms with Gasteiger partial charge in [0, 0.05) is 6.61 Å². The van der Waals surface area contributed by atoms with Gasteiger partial charge < -0.3 is 9.59 Å². The molecule has 0 bridgehead atoms. The third kappa shape index (κ3) is 34.6. The molecule has 0 aliphatic rings. The van der Waals surface area contributed by atoms with E-state index >= 15 is 0 Å². The molecular weight excluding hydrogens is 522 g/mol. The van der Waals surface area contributed by atoms with Gasteiger partial charge in [-0.25, -0.2) is 0 Å². The maximum absolute atomic E-state index is 9.31. The van der Waals surface area contributed by atoms with Crippen LogP contribution in [0.3, 0.4) is 0 Å². The molecule has 0 rings (SSSR count). The summed E-state index contributed by atoms with van der Waals surface area (Å²) >= 11 is 0. The van der Waals surface area contributed by atoms with Crippen LogP contribution >= 0.6 is 0 Å². The average molecular weight is 609 g/mol. The van der Waals surface area contributed by atoms with Gasteiger partial charge in [-0.3, -0.25) is 0 Å². The minimum Gasteiger partial charge on any atom is -0.396 e. The van der Waals surface area contributed by atoms with Gasteiger partial charge in [-0.1, -0.05) is 194 Å². The topological polar surface area (TPSA) is 20.2 Å². The van der Waals surface area contributed by atoms with E-state index in [1.807, 2.05) is 0 Å². The van der Waals surface area contributed by atoms with Crippen LogP contribution < -0.4 is 0 Å². The Morgan fingerprint density at radius 1 is 0.279 bits per heavy atom. The lowest BCUT2D eigenvalue weighted by molar-refractivity contribution is -0.910. The monoisotopic (exact) mass is 609 g/mol. The van der Waals surface area contributed by atoms with Crippen molar-refractivity contribution in [2.75, 3.05) is 33.3 Å². The third-order valence-corrected chi connectivity index (χ3v) is 10.2. The third-order valence-electron chi connectivity index (χ3n) is 10.2. The van der Waals surface area contributed by atoms with Gasteiger partial charge in [-0.2, -0.15) is 0 Å². The Bertz CT molecular complexity index is 456. The number of aliphatic hydroxyl groups excluding tert-OH is 1. The Morgan fingerprint density at radius 3 is 0.674 bits per heavy atom. The molecule has 0 amide bonds. The van der Waals surface area contributed by atoms with Gasteiger partial charge in [0.1, 0.15) is 0 Å². The summed E-state index contributed by atoms with van der Waals surface area (Å²) in [7, 11) is 2.51. The molecule has 0 atom stereocenters. The fourth-order valence-corrected chi connectivity index (χ4v) is 7.02. The largest absolute Gasteiger partial charge is 0.396 e. The van der Waals surface area contributed by atoms with Crippen LogP contribution in [0.15, 0.2) is 0 Å². The number of quaternary nitrogens is 1. The maximum Gasteiger partial charge on any atom is 0.0785 e. The van der Waals surface area contributed by atoms with E-state index in [-0.39, 0.29) is 0 Å². The summed E-state index contributed by atoms with van der Waals surface area (Å²) in [6.45, 7) is 8.93. The quantitative estimate of drug-likeness (QED) is 0.0546. The van der Waals surface area contributed by atoms with Crippen molar-refractivity contribution in [3.05, 3.63) is 0 Å². The van der Waals surface area contributed by atoms with Crippen molar-refractivity contribution in [3.63, 3.8) is 0 Å². The highest BCUT2D eigenvalue weighted by Crippen LogP contribution is 2.18. The van der Waals surface area contributed by atoms with E-state index < -0.39 is 0 Å². The van der Waals surface area contributed by atoms with Crippen molar-refractivity contribution in [1.29, 1.82) is 0 Å². The lowest BCUT2D eigenvalue weighted by Crippen LogP contribution is -2.46. The highest BCUT2D eigenvalue weighted by atomic mass is 16.2. The molecule has 0 aromatic rings. The molecule has 43 heavy (non-hydrogen) atoms. The lowest BCUT2D eigenvalue weighted by atomic mass is 10.0. The number of rotatable bonds is 38. The lowest BCUT2D eigenvalue weighted by Gasteiger charge is -2.35. The molecule has 2 heteroatoms. The molecule has 0 aromatic heterocycles. The molecule has 0 aliphatic carbocycles. The molecule has 0 fully saturated rings. The van der Waals surface area contributed by atoms with Gasteiger partial charge in [0.15, 0.2) is 0 Å². The van der Waals surface area contributed by atoms with Crippen LogP contribution in [-0.4, -0.2) is 42.9 Å². The van der Waals surface area contributed by atoms with Crippen LogP contribution in [0.1, 0.15) is 232 Å². The van der Waals surface area contributed by atoms with Crippen molar-refractivity contribution in [2.24, 2.45) is 0 Å². The van der Waals surface area contributed by atoms with Crippen molar-refractivity contribution in [3.8, 4) is 0 Å². The summed E-state index contributed by atoms with van der Waals surface area (Å²) in [6.07, 6.45) is 48.5. The van der Waals surface area contributed by atoms with Gasteiger partial charge >= 0.3 is 0 Å². The highest BCUT2D eigenvalue weighted by molar-refractivity contribution is 4.53. The highest BCUT2D eigenvalue weighted by Gasteiger charge is 2.20. The molecule has 1 N–H and O–H groups in total. The first kappa shape index (κ1) is 42.9. The second kappa shape index (κ2) is 36.4. The van der Waals surface area contributed by atoms with Gasteiger partial charge in [-0.05, 0) is 38.5 Å². The van der Waals surface area contributed by atoms with Gasteiger partial charge in [0.2, 0.25) is 0 Å². The van der Waals surface area contributed by atoms with Crippen molar-refractivity contribution in [2.45, 2.75) is 232 Å². The second-order valence-electron chi connectivity index (χ2n) is 14.8. The summed E-state index contributed by atoms with van der Waals surface area (Å²) in [5.41, 5.74) is 0. The molecule has 0 spiro atoms. The van der Waals surface area contributed by atoms with Gasteiger partial charge in [0.05, 0.1) is 26.7 Å². The van der Waals surface area contributed by atoms with Gasteiger partial charge in [0.25, 0.3) is 0 Å². The Kier molecular flexibility index (Phi) is 36.3. The van der Waals surface area contributed by atoms with Crippen molar-refractivity contribution >= 4 is 0 Å². The zero-order valence-electron chi connectivity index (χ0n) is 30.8. The molecular formula is C41H86NO+. The molecule has 0 heterocycles. The molecule has 0 aliphatic heterocycles. The summed E-state index contributed by atoms with van der Waals surface area (Å²) in [4.78, 5) is 0. The number of unbranched alkanes of at least 4 members (excludes halogenated alkanes) is 31. The number of nitrogens with zero attached hydrogens (tertiary/aromatic N) is 1. The van der Waals surface area contributed by atoms with Crippen LogP contribution in [0, 0.1) is 0 Å². The maximum atomic E-state index is 9.31. The summed E-state index contributed by atoms with van der Waals surface area (Å²) < 4.78 is 1.25. The Labute approximate surface area is 274 Å². The number of hydrogen-bond donors (Lipinski definition) is 1. The fraction of sp³-hybridized carbons (Fsp3) is 1.00. The summed E-state index contributed by atoms with van der Waals surface area (Å²) in [5, 5.41) is 9.31. The van der Waals surface area contributed by atoms with Gasteiger partial charge in [-0.15, -0.1) is 0 Å². The Morgan fingerprint density at radius 2 is 0.465 bits per heavy atom. The van der Waals surface area contributed by atoms with E-state index in [9.17, 15) is 5.11 Å². The standard InChI is InChI=1S/C41H86NO/c1-4-6-8-10-12-14-16-18-20-22-24-26-28-30-32-34-38-42(3,40-36-37-41-43)39-35-33-31-29-27-25-23-21-19-17-15-13-11-9-7-5-2/h43H,4-41H2,1-3H3/q+1. The van der Waals surface area contributed by atoms with Crippen LogP contribution in [0.5, 0.6) is 0 Å². The first-order valence-corrected chi connectivity index (χ1v) is 20.6. The fourth-order valence-electron chi connectivity index (χ4n) is 7.02. The van der Waals surface area contributed by atoms with Crippen LogP contribution in [0.2, 0.25) is 0 Å². The molecule has 0 saturated carbocycles. The van der Waals surface area contributed by atoms with Crippen LogP contribution in [0.4, 0.5) is 0 Å². The van der Waals surface area contributed by atoms with Crippen molar-refractivity contribution < 1.29 is 9.59 Å². The zero-order valence-corrected chi connectivity index (χ0v) is 30.8. The van der Waals surface area contributed by atoms with E-state index in [4.69, 9.17) is 0 Å². The molecule has 0 radical (unpaired) electrons. The van der Waals surface area contributed by atoms with Crippen LogP contribution in [0.25, 0.3) is 0 Å². The predicted octanol–water partition coefficient (Wildman–Crippen LogP) is 13.7. The normalized spacial score (nSPS) is 12.0. The summed E-state index contributed by atoms with van der Waals surface area (Å²) in [6, 6.07) is 0. The molecule has 0 unspecified atom stereocenters. The van der Waals surface area contributed by atoms with Crippen LogP contribution in [-0.2, 0) is 0 Å². The minimum atomic E-state index is 0.359.